The van der Waals surface area contributed by atoms with Crippen molar-refractivity contribution in [3.8, 4) is 11.5 Å². The Balaban J connectivity index is 1.35. The summed E-state index contributed by atoms with van der Waals surface area (Å²) in [5, 5.41) is 0. The molecule has 3 aliphatic rings. The van der Waals surface area contributed by atoms with E-state index in [0.29, 0.717) is 5.76 Å². The van der Waals surface area contributed by atoms with Gasteiger partial charge in [-0.3, -0.25) is 0 Å². The molecular formula is C19H20O2. The highest BCUT2D eigenvalue weighted by atomic mass is 16.5. The summed E-state index contributed by atoms with van der Waals surface area (Å²) >= 11 is 0. The van der Waals surface area contributed by atoms with Gasteiger partial charge >= 0.3 is 0 Å². The van der Waals surface area contributed by atoms with Crippen LogP contribution in [0.4, 0.5) is 0 Å². The topological polar surface area (TPSA) is 18.5 Å². The van der Waals surface area contributed by atoms with Gasteiger partial charge in [0.25, 0.3) is 0 Å². The maximum Gasteiger partial charge on any atom is 0.138 e. The van der Waals surface area contributed by atoms with Gasteiger partial charge in [-0.1, -0.05) is 18.7 Å². The van der Waals surface area contributed by atoms with Gasteiger partial charge < -0.3 is 9.47 Å². The molecule has 3 unspecified atom stereocenters. The minimum Gasteiger partial charge on any atom is -0.493 e. The van der Waals surface area contributed by atoms with E-state index in [1.807, 2.05) is 30.4 Å². The number of hydrogen-bond donors (Lipinski definition) is 0. The Bertz CT molecular complexity index is 626. The van der Waals surface area contributed by atoms with Crippen molar-refractivity contribution in [1.29, 1.82) is 0 Å². The molecule has 1 aromatic carbocycles. The Labute approximate surface area is 125 Å². The zero-order valence-electron chi connectivity index (χ0n) is 12.1. The highest BCUT2D eigenvalue weighted by molar-refractivity contribution is 5.63. The van der Waals surface area contributed by atoms with Crippen LogP contribution < -0.4 is 9.47 Å². The van der Waals surface area contributed by atoms with Gasteiger partial charge in [-0.25, -0.2) is 0 Å². The van der Waals surface area contributed by atoms with E-state index in [9.17, 15) is 0 Å². The van der Waals surface area contributed by atoms with Gasteiger partial charge in [-0.15, -0.1) is 0 Å². The van der Waals surface area contributed by atoms with Crippen LogP contribution >= 0.6 is 0 Å². The van der Waals surface area contributed by atoms with Crippen molar-refractivity contribution in [3.05, 3.63) is 54.3 Å². The molecule has 0 spiro atoms. The predicted molar refractivity (Wildman–Crippen MR) is 84.2 cm³/mol. The monoisotopic (exact) mass is 280 g/mol. The van der Waals surface area contributed by atoms with Gasteiger partial charge in [-0.2, -0.15) is 0 Å². The molecule has 1 aliphatic heterocycles. The Hall–Kier alpha value is -1.96. The highest BCUT2D eigenvalue weighted by Crippen LogP contribution is 2.44. The van der Waals surface area contributed by atoms with Gasteiger partial charge in [0.15, 0.2) is 0 Å². The molecule has 0 aromatic heterocycles. The molecule has 1 fully saturated rings. The molecule has 4 rings (SSSR count). The quantitative estimate of drug-likeness (QED) is 0.751. The summed E-state index contributed by atoms with van der Waals surface area (Å²) in [6.07, 6.45) is 12.6. The van der Waals surface area contributed by atoms with Crippen LogP contribution in [-0.4, -0.2) is 6.61 Å². The lowest BCUT2D eigenvalue weighted by molar-refractivity contribution is 0.262. The first-order chi connectivity index (χ1) is 10.3. The summed E-state index contributed by atoms with van der Waals surface area (Å²) < 4.78 is 11.5. The first kappa shape index (κ1) is 12.8. The van der Waals surface area contributed by atoms with Crippen LogP contribution in [-0.2, 0) is 0 Å². The Morgan fingerprint density at radius 2 is 2.14 bits per heavy atom. The van der Waals surface area contributed by atoms with Gasteiger partial charge in [0, 0.05) is 11.6 Å². The standard InChI is InChI=1S/C19H20O2/c1-13-2-4-15-6-7-18(12-19(15)21-13)20-9-8-17-11-14-3-5-16(17)10-14/h2-7,12,14,16-17H,1,8-11H2. The Morgan fingerprint density at radius 3 is 2.95 bits per heavy atom. The van der Waals surface area contributed by atoms with Crippen molar-refractivity contribution in [3.63, 3.8) is 0 Å². The maximum absolute atomic E-state index is 5.92. The number of allylic oxidation sites excluding steroid dienone is 3. The molecular weight excluding hydrogens is 260 g/mol. The van der Waals surface area contributed by atoms with Crippen molar-refractivity contribution < 1.29 is 9.47 Å². The zero-order chi connectivity index (χ0) is 14.2. The van der Waals surface area contributed by atoms with Crippen molar-refractivity contribution in [2.24, 2.45) is 17.8 Å². The molecule has 3 atom stereocenters. The van der Waals surface area contributed by atoms with Crippen LogP contribution in [0.3, 0.4) is 0 Å². The van der Waals surface area contributed by atoms with E-state index in [2.05, 4.69) is 18.7 Å². The zero-order valence-corrected chi connectivity index (χ0v) is 12.1. The van der Waals surface area contributed by atoms with Crippen molar-refractivity contribution >= 4 is 6.08 Å². The van der Waals surface area contributed by atoms with E-state index in [1.165, 1.54) is 12.8 Å². The number of ether oxygens (including phenoxy) is 2. The molecule has 108 valence electrons. The average molecular weight is 280 g/mol. The van der Waals surface area contributed by atoms with E-state index in [-0.39, 0.29) is 0 Å². The molecule has 1 saturated carbocycles. The molecule has 0 amide bonds. The first-order valence-electron chi connectivity index (χ1n) is 7.78. The normalized spacial score (nSPS) is 28.6. The fourth-order valence-corrected chi connectivity index (χ4v) is 3.74. The second-order valence-corrected chi connectivity index (χ2v) is 6.28. The van der Waals surface area contributed by atoms with Crippen LogP contribution in [0.2, 0.25) is 0 Å². The van der Waals surface area contributed by atoms with Crippen molar-refractivity contribution in [2.75, 3.05) is 6.61 Å². The number of fused-ring (bicyclic) bond motifs is 3. The third-order valence-electron chi connectivity index (χ3n) is 4.85. The van der Waals surface area contributed by atoms with E-state index in [0.717, 1.165) is 47.8 Å². The second kappa shape index (κ2) is 5.10. The smallest absolute Gasteiger partial charge is 0.138 e. The van der Waals surface area contributed by atoms with E-state index in [4.69, 9.17) is 9.47 Å². The maximum atomic E-state index is 5.92. The number of rotatable bonds is 4. The van der Waals surface area contributed by atoms with Crippen LogP contribution in [0, 0.1) is 17.8 Å². The largest absolute Gasteiger partial charge is 0.493 e. The molecule has 1 aromatic rings. The van der Waals surface area contributed by atoms with E-state index >= 15 is 0 Å². The SMILES string of the molecule is C=C1C=Cc2ccc(OCCC3CC4C=CC3C4)cc2O1. The number of benzene rings is 1. The summed E-state index contributed by atoms with van der Waals surface area (Å²) in [4.78, 5) is 0. The molecule has 0 radical (unpaired) electrons. The van der Waals surface area contributed by atoms with Gasteiger partial charge in [-0.05, 0) is 61.3 Å². The Kier molecular flexibility index (Phi) is 3.10. The van der Waals surface area contributed by atoms with Crippen LogP contribution in [0.15, 0.2) is 48.8 Å². The van der Waals surface area contributed by atoms with E-state index < -0.39 is 0 Å². The minimum absolute atomic E-state index is 0.674. The molecule has 1 heterocycles. The molecule has 2 heteroatoms. The van der Waals surface area contributed by atoms with Gasteiger partial charge in [0.05, 0.1) is 6.61 Å². The number of hydrogen-bond acceptors (Lipinski definition) is 2. The van der Waals surface area contributed by atoms with Crippen LogP contribution in [0.5, 0.6) is 11.5 Å². The lowest BCUT2D eigenvalue weighted by Gasteiger charge is -2.19. The average Bonchev–Trinajstić information content (AvgIpc) is 3.09. The molecule has 2 nitrogen and oxygen atoms in total. The van der Waals surface area contributed by atoms with Crippen molar-refractivity contribution in [1.82, 2.24) is 0 Å². The lowest BCUT2D eigenvalue weighted by atomic mass is 9.91. The third kappa shape index (κ3) is 2.51. The molecule has 21 heavy (non-hydrogen) atoms. The Morgan fingerprint density at radius 1 is 1.19 bits per heavy atom. The fourth-order valence-electron chi connectivity index (χ4n) is 3.74. The summed E-state index contributed by atoms with van der Waals surface area (Å²) in [5.41, 5.74) is 1.08. The molecule has 2 bridgehead atoms. The summed E-state index contributed by atoms with van der Waals surface area (Å²) in [5.74, 6) is 4.86. The fraction of sp³-hybridized carbons (Fsp3) is 0.368. The van der Waals surface area contributed by atoms with E-state index in [1.54, 1.807) is 0 Å². The summed E-state index contributed by atoms with van der Waals surface area (Å²) in [6, 6.07) is 6.01. The second-order valence-electron chi connectivity index (χ2n) is 6.28. The summed E-state index contributed by atoms with van der Waals surface area (Å²) in [6.45, 7) is 4.61. The van der Waals surface area contributed by atoms with Crippen molar-refractivity contribution in [2.45, 2.75) is 19.3 Å². The molecule has 0 N–H and O–H groups in total. The predicted octanol–water partition coefficient (Wildman–Crippen LogP) is 4.59. The third-order valence-corrected chi connectivity index (χ3v) is 4.85. The van der Waals surface area contributed by atoms with Crippen LogP contribution in [0.1, 0.15) is 24.8 Å². The summed E-state index contributed by atoms with van der Waals surface area (Å²) in [7, 11) is 0. The molecule has 2 aliphatic carbocycles. The first-order valence-corrected chi connectivity index (χ1v) is 7.78. The molecule has 0 saturated heterocycles. The lowest BCUT2D eigenvalue weighted by Crippen LogP contribution is -2.11. The highest BCUT2D eigenvalue weighted by Gasteiger charge is 2.35. The van der Waals surface area contributed by atoms with Gasteiger partial charge in [0.2, 0.25) is 0 Å². The van der Waals surface area contributed by atoms with Crippen LogP contribution in [0.25, 0.3) is 6.08 Å². The van der Waals surface area contributed by atoms with Gasteiger partial charge in [0.1, 0.15) is 17.3 Å². The minimum atomic E-state index is 0.674.